The molecule has 3 N–H and O–H groups in total. The number of aliphatic hydroxyl groups is 1. The summed E-state index contributed by atoms with van der Waals surface area (Å²) in [5.74, 6) is 0.730. The number of ether oxygens (including phenoxy) is 2. The molecule has 3 atom stereocenters. The lowest BCUT2D eigenvalue weighted by molar-refractivity contribution is 0.131. The molecule has 3 unspecified atom stereocenters. The maximum Gasteiger partial charge on any atom is 0.258 e. The number of hydrogen-bond donors (Lipinski definition) is 3. The van der Waals surface area contributed by atoms with Crippen LogP contribution in [-0.2, 0) is 9.09 Å². The molecule has 0 heterocycles. The van der Waals surface area contributed by atoms with Gasteiger partial charge < -0.3 is 29.5 Å². The monoisotopic (exact) mass is 465 g/mol. The molecule has 0 bridgehead atoms. The van der Waals surface area contributed by atoms with Crippen LogP contribution < -0.4 is 14.8 Å². The van der Waals surface area contributed by atoms with Crippen LogP contribution in [0.4, 0.5) is 0 Å². The second-order valence-corrected chi connectivity index (χ2v) is 10.1. The Labute approximate surface area is 191 Å². The van der Waals surface area contributed by atoms with Gasteiger partial charge in [0.05, 0.1) is 19.3 Å². The van der Waals surface area contributed by atoms with Crippen LogP contribution >= 0.6 is 7.37 Å². The van der Waals surface area contributed by atoms with E-state index in [-0.39, 0.29) is 18.7 Å². The minimum Gasteiger partial charge on any atom is -0.508 e. The van der Waals surface area contributed by atoms with Crippen molar-refractivity contribution in [3.05, 3.63) is 54.6 Å². The second kappa shape index (κ2) is 14.2. The number of aromatic hydroxyl groups is 1. The highest BCUT2D eigenvalue weighted by Crippen LogP contribution is 2.52. The molecule has 0 aromatic heterocycles. The van der Waals surface area contributed by atoms with Gasteiger partial charge in [-0.3, -0.25) is 4.57 Å². The Balaban J connectivity index is 1.98. The van der Waals surface area contributed by atoms with Crippen molar-refractivity contribution in [3.8, 4) is 17.2 Å². The van der Waals surface area contributed by atoms with Gasteiger partial charge in [0.15, 0.2) is 6.35 Å². The van der Waals surface area contributed by atoms with Crippen molar-refractivity contribution >= 4 is 7.37 Å². The van der Waals surface area contributed by atoms with Crippen molar-refractivity contribution in [2.45, 2.75) is 51.4 Å². The molecule has 2 aromatic carbocycles. The van der Waals surface area contributed by atoms with Gasteiger partial charge in [0.2, 0.25) is 0 Å². The third-order valence-electron chi connectivity index (χ3n) is 4.92. The Morgan fingerprint density at radius 2 is 1.66 bits per heavy atom. The summed E-state index contributed by atoms with van der Waals surface area (Å²) < 4.78 is 30.9. The lowest BCUT2D eigenvalue weighted by atomic mass is 10.1. The number of aliphatic hydroxyl groups excluding tert-OH is 1. The van der Waals surface area contributed by atoms with Crippen LogP contribution in [0.15, 0.2) is 54.6 Å². The number of benzene rings is 2. The van der Waals surface area contributed by atoms with E-state index in [4.69, 9.17) is 14.0 Å². The molecule has 0 aliphatic rings. The van der Waals surface area contributed by atoms with E-state index in [2.05, 4.69) is 12.2 Å². The summed E-state index contributed by atoms with van der Waals surface area (Å²) in [4.78, 5) is 0. The van der Waals surface area contributed by atoms with Gasteiger partial charge in [0.25, 0.3) is 7.37 Å². The lowest BCUT2D eigenvalue weighted by Crippen LogP contribution is -2.42. The van der Waals surface area contributed by atoms with Crippen LogP contribution in [0, 0.1) is 0 Å². The van der Waals surface area contributed by atoms with Crippen LogP contribution in [0.2, 0.25) is 0 Å². The van der Waals surface area contributed by atoms with Gasteiger partial charge in [-0.1, -0.05) is 38.0 Å². The fourth-order valence-electron chi connectivity index (χ4n) is 3.26. The number of phenols is 1. The standard InChI is InChI=1S/C24H36NO6P/c1-3-5-12-23(27)24(25-17-9-18-29-22-15-13-20(26)14-16-22)32(28,31-4-2)19-30-21-10-7-6-8-11-21/h6-8,10-11,13-16,23-27H,3-5,9,12,17-19H2,1-2H3. The Bertz CT molecular complexity index is 802. The van der Waals surface area contributed by atoms with Gasteiger partial charge in [-0.05, 0) is 62.7 Å². The number of rotatable bonds is 16. The molecule has 0 aliphatic carbocycles. The third-order valence-corrected chi connectivity index (χ3v) is 7.48. The van der Waals surface area contributed by atoms with Gasteiger partial charge in [-0.15, -0.1) is 0 Å². The molecule has 0 amide bonds. The lowest BCUT2D eigenvalue weighted by Gasteiger charge is -2.31. The molecule has 0 saturated carbocycles. The number of para-hydroxylation sites is 1. The zero-order chi connectivity index (χ0) is 23.2. The summed E-state index contributed by atoms with van der Waals surface area (Å²) in [7, 11) is -3.36. The average molecular weight is 466 g/mol. The topological polar surface area (TPSA) is 97.2 Å². The quantitative estimate of drug-likeness (QED) is 0.238. The predicted molar refractivity (Wildman–Crippen MR) is 127 cm³/mol. The molecule has 2 aromatic rings. The molecule has 0 fully saturated rings. The summed E-state index contributed by atoms with van der Waals surface area (Å²) in [5, 5.41) is 23.4. The molecule has 0 spiro atoms. The fourth-order valence-corrected chi connectivity index (χ4v) is 5.50. The highest BCUT2D eigenvalue weighted by Gasteiger charge is 2.39. The fraction of sp³-hybridized carbons (Fsp3) is 0.500. The molecule has 8 heteroatoms. The van der Waals surface area contributed by atoms with E-state index in [1.165, 1.54) is 0 Å². The van der Waals surface area contributed by atoms with Crippen LogP contribution in [0.3, 0.4) is 0 Å². The number of nitrogens with one attached hydrogen (secondary N) is 1. The van der Waals surface area contributed by atoms with E-state index in [1.54, 1.807) is 43.3 Å². The van der Waals surface area contributed by atoms with E-state index in [0.29, 0.717) is 37.5 Å². The maximum atomic E-state index is 13.8. The minimum absolute atomic E-state index is 0.115. The highest BCUT2D eigenvalue weighted by atomic mass is 31.2. The Morgan fingerprint density at radius 1 is 0.969 bits per heavy atom. The van der Waals surface area contributed by atoms with Crippen molar-refractivity contribution in [1.29, 1.82) is 0 Å². The average Bonchev–Trinajstić information content (AvgIpc) is 2.80. The Morgan fingerprint density at radius 3 is 2.31 bits per heavy atom. The molecular formula is C24H36NO6P. The smallest absolute Gasteiger partial charge is 0.258 e. The van der Waals surface area contributed by atoms with E-state index in [1.807, 2.05) is 18.2 Å². The number of hydrogen-bond acceptors (Lipinski definition) is 7. The van der Waals surface area contributed by atoms with Crippen LogP contribution in [0.5, 0.6) is 17.2 Å². The third kappa shape index (κ3) is 8.83. The van der Waals surface area contributed by atoms with E-state index < -0.39 is 19.3 Å². The summed E-state index contributed by atoms with van der Waals surface area (Å²) in [6.45, 7) is 5.04. The molecular weight excluding hydrogens is 429 g/mol. The van der Waals surface area contributed by atoms with Gasteiger partial charge >= 0.3 is 0 Å². The zero-order valence-corrected chi connectivity index (χ0v) is 19.9. The summed E-state index contributed by atoms with van der Waals surface area (Å²) in [6.07, 6.45) is 2.00. The highest BCUT2D eigenvalue weighted by molar-refractivity contribution is 7.59. The van der Waals surface area contributed by atoms with Gasteiger partial charge in [-0.25, -0.2) is 0 Å². The molecule has 2 rings (SSSR count). The number of unbranched alkanes of at least 4 members (excludes halogenated alkanes) is 1. The van der Waals surface area contributed by atoms with Gasteiger partial charge in [0, 0.05) is 0 Å². The number of phenolic OH excluding ortho intramolecular Hbond substituents is 1. The molecule has 0 radical (unpaired) electrons. The van der Waals surface area contributed by atoms with E-state index in [0.717, 1.165) is 12.8 Å². The van der Waals surface area contributed by atoms with Crippen molar-refractivity contribution in [2.75, 3.05) is 26.1 Å². The first-order chi connectivity index (χ1) is 15.5. The first kappa shape index (κ1) is 26.2. The van der Waals surface area contributed by atoms with Crippen LogP contribution in [0.1, 0.15) is 39.5 Å². The van der Waals surface area contributed by atoms with E-state index >= 15 is 0 Å². The van der Waals surface area contributed by atoms with Crippen molar-refractivity contribution in [2.24, 2.45) is 0 Å². The first-order valence-electron chi connectivity index (χ1n) is 11.2. The molecule has 32 heavy (non-hydrogen) atoms. The second-order valence-electron chi connectivity index (χ2n) is 7.53. The minimum atomic E-state index is -3.36. The Hall–Kier alpha value is -2.05. The van der Waals surface area contributed by atoms with E-state index in [9.17, 15) is 14.8 Å². The summed E-state index contributed by atoms with van der Waals surface area (Å²) in [6, 6.07) is 15.7. The first-order valence-corrected chi connectivity index (χ1v) is 13.1. The molecule has 7 nitrogen and oxygen atoms in total. The summed E-state index contributed by atoms with van der Waals surface area (Å²) in [5.41, 5.74) is 0. The van der Waals surface area contributed by atoms with Crippen molar-refractivity contribution in [3.63, 3.8) is 0 Å². The largest absolute Gasteiger partial charge is 0.508 e. The zero-order valence-electron chi connectivity index (χ0n) is 19.0. The van der Waals surface area contributed by atoms with Gasteiger partial charge in [0.1, 0.15) is 23.0 Å². The SMILES string of the molecule is CCCCC(O)C(NCCCOc1ccc(O)cc1)P(=O)(COc1ccccc1)OCC. The molecule has 0 saturated heterocycles. The van der Waals surface area contributed by atoms with Crippen LogP contribution in [-0.4, -0.2) is 48.2 Å². The van der Waals surface area contributed by atoms with Crippen molar-refractivity contribution < 1.29 is 28.8 Å². The van der Waals surface area contributed by atoms with Crippen LogP contribution in [0.25, 0.3) is 0 Å². The maximum absolute atomic E-state index is 13.8. The molecule has 178 valence electrons. The van der Waals surface area contributed by atoms with Gasteiger partial charge in [-0.2, -0.15) is 0 Å². The van der Waals surface area contributed by atoms with Crippen molar-refractivity contribution in [1.82, 2.24) is 5.32 Å². The normalized spacial score (nSPS) is 15.0. The Kier molecular flexibility index (Phi) is 11.6. The summed E-state index contributed by atoms with van der Waals surface area (Å²) >= 11 is 0. The molecule has 0 aliphatic heterocycles. The predicted octanol–water partition coefficient (Wildman–Crippen LogP) is 4.98.